The number of rotatable bonds is 2. The Bertz CT molecular complexity index is 642. The highest BCUT2D eigenvalue weighted by Gasteiger charge is 2.31. The zero-order valence-electron chi connectivity index (χ0n) is 11.0. The van der Waals surface area contributed by atoms with E-state index in [0.29, 0.717) is 18.8 Å². The van der Waals surface area contributed by atoms with Gasteiger partial charge in [-0.2, -0.15) is 0 Å². The number of carbonyl (C=O) groups excluding carboxylic acids is 1. The van der Waals surface area contributed by atoms with Crippen molar-refractivity contribution in [3.05, 3.63) is 42.4 Å². The number of aryl methyl sites for hydroxylation is 1. The van der Waals surface area contributed by atoms with Gasteiger partial charge in [0, 0.05) is 25.4 Å². The molecule has 0 saturated carbocycles. The number of anilines is 2. The van der Waals surface area contributed by atoms with Crippen LogP contribution < -0.4 is 9.80 Å². The molecule has 6 nitrogen and oxygen atoms in total. The van der Waals surface area contributed by atoms with E-state index in [1.807, 2.05) is 13.0 Å². The lowest BCUT2D eigenvalue weighted by atomic mass is 10.2. The summed E-state index contributed by atoms with van der Waals surface area (Å²) >= 11 is 0. The van der Waals surface area contributed by atoms with E-state index in [1.54, 1.807) is 28.3 Å². The molecule has 3 heterocycles. The summed E-state index contributed by atoms with van der Waals surface area (Å²) < 4.78 is 0. The van der Waals surface area contributed by atoms with Crippen molar-refractivity contribution < 1.29 is 9.90 Å². The third-order valence-electron chi connectivity index (χ3n) is 3.36. The van der Waals surface area contributed by atoms with Crippen LogP contribution in [-0.2, 0) is 0 Å². The summed E-state index contributed by atoms with van der Waals surface area (Å²) in [7, 11) is 0. The van der Waals surface area contributed by atoms with Crippen LogP contribution in [0.1, 0.15) is 5.56 Å². The molecule has 2 amide bonds. The number of aromatic nitrogens is 2. The minimum atomic E-state index is -0.103. The number of hydrogen-bond acceptors (Lipinski definition) is 4. The summed E-state index contributed by atoms with van der Waals surface area (Å²) in [5.41, 5.74) is 2.52. The fraction of sp³-hybridized carbons (Fsp3) is 0.214. The van der Waals surface area contributed by atoms with Gasteiger partial charge in [-0.15, -0.1) is 0 Å². The van der Waals surface area contributed by atoms with Crippen molar-refractivity contribution in [2.24, 2.45) is 0 Å². The van der Waals surface area contributed by atoms with Crippen LogP contribution in [0.5, 0.6) is 5.88 Å². The first kappa shape index (κ1) is 12.4. The minimum absolute atomic E-state index is 0.0552. The molecule has 1 N–H and O–H groups in total. The molecule has 2 aromatic rings. The van der Waals surface area contributed by atoms with Gasteiger partial charge in [0.15, 0.2) is 0 Å². The Kier molecular flexibility index (Phi) is 2.98. The maximum Gasteiger partial charge on any atom is 0.329 e. The van der Waals surface area contributed by atoms with Crippen LogP contribution in [0, 0.1) is 6.92 Å². The van der Waals surface area contributed by atoms with E-state index >= 15 is 0 Å². The maximum atomic E-state index is 12.5. The monoisotopic (exact) mass is 270 g/mol. The Labute approximate surface area is 116 Å². The number of amides is 2. The Morgan fingerprint density at radius 3 is 2.65 bits per heavy atom. The average molecular weight is 270 g/mol. The summed E-state index contributed by atoms with van der Waals surface area (Å²) in [4.78, 5) is 23.7. The highest BCUT2D eigenvalue weighted by atomic mass is 16.3. The maximum absolute atomic E-state index is 12.5. The first-order valence-corrected chi connectivity index (χ1v) is 6.31. The second kappa shape index (κ2) is 4.80. The van der Waals surface area contributed by atoms with E-state index < -0.39 is 0 Å². The Morgan fingerprint density at radius 2 is 1.95 bits per heavy atom. The van der Waals surface area contributed by atoms with Gasteiger partial charge < -0.3 is 5.11 Å². The van der Waals surface area contributed by atoms with Gasteiger partial charge in [-0.05, 0) is 24.6 Å². The van der Waals surface area contributed by atoms with Crippen molar-refractivity contribution in [2.45, 2.75) is 6.92 Å². The summed E-state index contributed by atoms with van der Waals surface area (Å²) in [5.74, 6) is -0.0552. The SMILES string of the molecule is Cc1ccncc1N1CCN(c2ccc(O)nc2)C1=O. The first-order valence-electron chi connectivity index (χ1n) is 6.31. The molecule has 3 rings (SSSR count). The zero-order valence-corrected chi connectivity index (χ0v) is 11.0. The fourth-order valence-electron chi connectivity index (χ4n) is 2.28. The summed E-state index contributed by atoms with van der Waals surface area (Å²) in [6.45, 7) is 3.14. The number of aromatic hydroxyl groups is 1. The van der Waals surface area contributed by atoms with Gasteiger partial charge >= 0.3 is 6.03 Å². The smallest absolute Gasteiger partial charge is 0.329 e. The lowest BCUT2D eigenvalue weighted by Gasteiger charge is -2.19. The molecule has 0 atom stereocenters. The molecule has 0 aliphatic carbocycles. The molecule has 6 heteroatoms. The van der Waals surface area contributed by atoms with Gasteiger partial charge in [0.05, 0.1) is 23.8 Å². The minimum Gasteiger partial charge on any atom is -0.493 e. The van der Waals surface area contributed by atoms with Crippen LogP contribution >= 0.6 is 0 Å². The first-order chi connectivity index (χ1) is 9.66. The molecule has 20 heavy (non-hydrogen) atoms. The number of pyridine rings is 2. The van der Waals surface area contributed by atoms with E-state index in [0.717, 1.165) is 11.3 Å². The van der Waals surface area contributed by atoms with Gasteiger partial charge in [0.25, 0.3) is 0 Å². The van der Waals surface area contributed by atoms with Gasteiger partial charge in [0.2, 0.25) is 5.88 Å². The predicted molar refractivity (Wildman–Crippen MR) is 75.0 cm³/mol. The number of nitrogens with zero attached hydrogens (tertiary/aromatic N) is 4. The van der Waals surface area contributed by atoms with Crippen LogP contribution in [0.3, 0.4) is 0 Å². The highest BCUT2D eigenvalue weighted by Crippen LogP contribution is 2.26. The average Bonchev–Trinajstić information content (AvgIpc) is 2.82. The van der Waals surface area contributed by atoms with Gasteiger partial charge in [0.1, 0.15) is 0 Å². The highest BCUT2D eigenvalue weighted by molar-refractivity contribution is 6.06. The van der Waals surface area contributed by atoms with Crippen LogP contribution in [0.25, 0.3) is 0 Å². The molecule has 1 aliphatic rings. The molecule has 0 spiro atoms. The molecule has 1 saturated heterocycles. The van der Waals surface area contributed by atoms with Crippen molar-refractivity contribution in [1.82, 2.24) is 9.97 Å². The molecule has 0 aromatic carbocycles. The van der Waals surface area contributed by atoms with Crippen molar-refractivity contribution in [1.29, 1.82) is 0 Å². The van der Waals surface area contributed by atoms with Crippen molar-refractivity contribution in [3.63, 3.8) is 0 Å². The van der Waals surface area contributed by atoms with Crippen molar-refractivity contribution in [2.75, 3.05) is 22.9 Å². The molecular formula is C14H14N4O2. The molecular weight excluding hydrogens is 256 g/mol. The van der Waals surface area contributed by atoms with E-state index in [4.69, 9.17) is 0 Å². The molecule has 102 valence electrons. The summed E-state index contributed by atoms with van der Waals surface area (Å²) in [5, 5.41) is 9.20. The molecule has 0 radical (unpaired) electrons. The molecule has 0 bridgehead atoms. The van der Waals surface area contributed by atoms with Crippen LogP contribution in [-0.4, -0.2) is 34.2 Å². The van der Waals surface area contributed by atoms with E-state index in [-0.39, 0.29) is 11.9 Å². The predicted octanol–water partition coefficient (Wildman–Crippen LogP) is 1.94. The summed E-state index contributed by atoms with van der Waals surface area (Å²) in [6.07, 6.45) is 4.90. The third kappa shape index (κ3) is 2.05. The number of carbonyl (C=O) groups is 1. The van der Waals surface area contributed by atoms with Gasteiger partial charge in [-0.25, -0.2) is 9.78 Å². The van der Waals surface area contributed by atoms with E-state index in [2.05, 4.69) is 9.97 Å². The Hall–Kier alpha value is -2.63. The van der Waals surface area contributed by atoms with Gasteiger partial charge in [-0.3, -0.25) is 14.8 Å². The van der Waals surface area contributed by atoms with E-state index in [9.17, 15) is 9.90 Å². The lowest BCUT2D eigenvalue weighted by Crippen LogP contribution is -2.32. The normalized spacial score (nSPS) is 14.9. The summed E-state index contributed by atoms with van der Waals surface area (Å²) in [6, 6.07) is 4.93. The van der Waals surface area contributed by atoms with Crippen LogP contribution in [0.4, 0.5) is 16.2 Å². The Morgan fingerprint density at radius 1 is 1.15 bits per heavy atom. The van der Waals surface area contributed by atoms with Gasteiger partial charge in [-0.1, -0.05) is 0 Å². The van der Waals surface area contributed by atoms with E-state index in [1.165, 1.54) is 12.3 Å². The second-order valence-electron chi connectivity index (χ2n) is 4.62. The topological polar surface area (TPSA) is 69.6 Å². The zero-order chi connectivity index (χ0) is 14.1. The Balaban J connectivity index is 1.88. The number of urea groups is 1. The quantitative estimate of drug-likeness (QED) is 0.905. The third-order valence-corrected chi connectivity index (χ3v) is 3.36. The van der Waals surface area contributed by atoms with Crippen molar-refractivity contribution in [3.8, 4) is 5.88 Å². The lowest BCUT2D eigenvalue weighted by molar-refractivity contribution is 0.256. The van der Waals surface area contributed by atoms with Crippen molar-refractivity contribution >= 4 is 17.4 Å². The van der Waals surface area contributed by atoms with Crippen LogP contribution in [0.2, 0.25) is 0 Å². The standard InChI is InChI=1S/C14H14N4O2/c1-10-4-5-15-9-12(10)18-7-6-17(14(18)20)11-2-3-13(19)16-8-11/h2-5,8-9H,6-7H2,1H3,(H,16,19). The number of hydrogen-bond donors (Lipinski definition) is 1. The molecule has 0 unspecified atom stereocenters. The molecule has 2 aromatic heterocycles. The fourth-order valence-corrected chi connectivity index (χ4v) is 2.28. The molecule has 1 fully saturated rings. The molecule has 1 aliphatic heterocycles. The van der Waals surface area contributed by atoms with Crippen LogP contribution in [0.15, 0.2) is 36.8 Å². The second-order valence-corrected chi connectivity index (χ2v) is 4.62. The largest absolute Gasteiger partial charge is 0.493 e.